The Morgan fingerprint density at radius 1 is 1.42 bits per heavy atom. The molecule has 0 saturated carbocycles. The highest BCUT2D eigenvalue weighted by molar-refractivity contribution is 5.75. The Labute approximate surface area is 149 Å². The molecule has 0 bridgehead atoms. The van der Waals surface area contributed by atoms with E-state index in [1.807, 2.05) is 13.8 Å². The van der Waals surface area contributed by atoms with Crippen molar-refractivity contribution in [2.24, 2.45) is 11.3 Å². The van der Waals surface area contributed by atoms with Gasteiger partial charge in [0.1, 0.15) is 11.5 Å². The van der Waals surface area contributed by atoms with Crippen LogP contribution in [0.2, 0.25) is 0 Å². The minimum atomic E-state index is -4.85. The molecule has 26 heavy (non-hydrogen) atoms. The van der Waals surface area contributed by atoms with Crippen molar-refractivity contribution in [3.8, 4) is 11.5 Å². The lowest BCUT2D eigenvalue weighted by atomic mass is 9.82. The van der Waals surface area contributed by atoms with Gasteiger partial charge >= 0.3 is 12.4 Å². The van der Waals surface area contributed by atoms with Gasteiger partial charge in [-0.15, -0.1) is 13.2 Å². The van der Waals surface area contributed by atoms with E-state index in [0.717, 1.165) is 6.07 Å². The predicted octanol–water partition coefficient (Wildman–Crippen LogP) is 2.75. The standard InChI is InChI=1S/C17H23F3N2O4/c1-11-8-22(9-16(11,2)10-23)15(24)21-7-12-13(25-3)5-4-6-14(12)26-17(18,19)20/h4-6,11,23H,7-10H2,1-3H3,(H,21,24). The molecule has 1 aromatic rings. The molecule has 1 aliphatic heterocycles. The van der Waals surface area contributed by atoms with Crippen molar-refractivity contribution in [2.45, 2.75) is 26.8 Å². The SMILES string of the molecule is COc1cccc(OC(F)(F)F)c1CNC(=O)N1CC(C)C(C)(CO)C1. The molecule has 1 aliphatic rings. The molecule has 1 saturated heterocycles. The average molecular weight is 376 g/mol. The highest BCUT2D eigenvalue weighted by Crippen LogP contribution is 2.35. The van der Waals surface area contributed by atoms with E-state index in [1.165, 1.54) is 19.2 Å². The molecule has 1 heterocycles. The number of urea groups is 1. The Morgan fingerprint density at radius 3 is 2.62 bits per heavy atom. The highest BCUT2D eigenvalue weighted by Gasteiger charge is 2.41. The molecule has 2 atom stereocenters. The molecular formula is C17H23F3N2O4. The Kier molecular flexibility index (Phi) is 5.90. The molecule has 6 nitrogen and oxygen atoms in total. The van der Waals surface area contributed by atoms with E-state index in [4.69, 9.17) is 4.74 Å². The molecule has 2 amide bonds. The van der Waals surface area contributed by atoms with Crippen LogP contribution in [0.4, 0.5) is 18.0 Å². The number of nitrogens with zero attached hydrogens (tertiary/aromatic N) is 1. The molecule has 0 spiro atoms. The number of ether oxygens (including phenoxy) is 2. The van der Waals surface area contributed by atoms with Crippen molar-refractivity contribution in [1.82, 2.24) is 10.2 Å². The van der Waals surface area contributed by atoms with Crippen LogP contribution in [0.25, 0.3) is 0 Å². The maximum absolute atomic E-state index is 12.6. The zero-order chi connectivity index (χ0) is 19.5. The first-order valence-corrected chi connectivity index (χ1v) is 8.15. The van der Waals surface area contributed by atoms with Crippen LogP contribution in [-0.2, 0) is 6.54 Å². The second-order valence-electron chi connectivity index (χ2n) is 6.74. The van der Waals surface area contributed by atoms with E-state index >= 15 is 0 Å². The average Bonchev–Trinajstić information content (AvgIpc) is 2.87. The first-order valence-electron chi connectivity index (χ1n) is 8.15. The molecule has 9 heteroatoms. The number of aliphatic hydroxyl groups is 1. The number of amides is 2. The summed E-state index contributed by atoms with van der Waals surface area (Å²) in [4.78, 5) is 13.9. The number of halogens is 3. The van der Waals surface area contributed by atoms with Crippen LogP contribution in [0, 0.1) is 11.3 Å². The predicted molar refractivity (Wildman–Crippen MR) is 87.8 cm³/mol. The molecule has 0 aliphatic carbocycles. The van der Waals surface area contributed by atoms with Gasteiger partial charge in [-0.05, 0) is 18.1 Å². The van der Waals surface area contributed by atoms with Gasteiger partial charge in [0.15, 0.2) is 0 Å². The minimum Gasteiger partial charge on any atom is -0.496 e. The Morgan fingerprint density at radius 2 is 2.08 bits per heavy atom. The summed E-state index contributed by atoms with van der Waals surface area (Å²) >= 11 is 0. The molecule has 146 valence electrons. The molecule has 2 rings (SSSR count). The van der Waals surface area contributed by atoms with Crippen LogP contribution in [0.3, 0.4) is 0 Å². The van der Waals surface area contributed by atoms with Crippen molar-refractivity contribution in [2.75, 3.05) is 26.8 Å². The lowest BCUT2D eigenvalue weighted by Crippen LogP contribution is -2.39. The number of carbonyl (C=O) groups excluding carboxylic acids is 1. The van der Waals surface area contributed by atoms with Crippen molar-refractivity contribution >= 4 is 6.03 Å². The third-order valence-corrected chi connectivity index (χ3v) is 4.84. The maximum Gasteiger partial charge on any atom is 0.573 e. The number of rotatable bonds is 5. The van der Waals surface area contributed by atoms with E-state index in [-0.39, 0.29) is 30.4 Å². The zero-order valence-electron chi connectivity index (χ0n) is 14.9. The van der Waals surface area contributed by atoms with E-state index in [2.05, 4.69) is 10.1 Å². The van der Waals surface area contributed by atoms with Gasteiger partial charge in [0.25, 0.3) is 0 Å². The number of nitrogens with one attached hydrogen (secondary N) is 1. The number of carbonyl (C=O) groups is 1. The number of likely N-dealkylation sites (tertiary alicyclic amines) is 1. The number of methoxy groups -OCH3 is 1. The van der Waals surface area contributed by atoms with Crippen LogP contribution >= 0.6 is 0 Å². The lowest BCUT2D eigenvalue weighted by molar-refractivity contribution is -0.274. The normalized spacial score (nSPS) is 23.0. The Hall–Kier alpha value is -2.16. The van der Waals surface area contributed by atoms with Gasteiger partial charge < -0.3 is 24.8 Å². The van der Waals surface area contributed by atoms with E-state index in [0.29, 0.717) is 13.1 Å². The van der Waals surface area contributed by atoms with Crippen LogP contribution in [0.1, 0.15) is 19.4 Å². The van der Waals surface area contributed by atoms with Crippen molar-refractivity contribution < 1.29 is 32.5 Å². The van der Waals surface area contributed by atoms with Gasteiger partial charge in [-0.3, -0.25) is 0 Å². The fourth-order valence-corrected chi connectivity index (χ4v) is 2.98. The summed E-state index contributed by atoms with van der Waals surface area (Å²) in [5, 5.41) is 12.1. The molecule has 1 aromatic carbocycles. The van der Waals surface area contributed by atoms with Crippen LogP contribution in [-0.4, -0.2) is 49.2 Å². The monoisotopic (exact) mass is 376 g/mol. The van der Waals surface area contributed by atoms with Gasteiger partial charge in [-0.1, -0.05) is 19.9 Å². The minimum absolute atomic E-state index is 0.0476. The van der Waals surface area contributed by atoms with Gasteiger partial charge in [-0.2, -0.15) is 0 Å². The van der Waals surface area contributed by atoms with Crippen molar-refractivity contribution in [1.29, 1.82) is 0 Å². The summed E-state index contributed by atoms with van der Waals surface area (Å²) < 4.78 is 46.9. The Balaban J connectivity index is 2.10. The second kappa shape index (κ2) is 7.61. The molecule has 2 N–H and O–H groups in total. The number of hydrogen-bond acceptors (Lipinski definition) is 4. The van der Waals surface area contributed by atoms with E-state index < -0.39 is 23.6 Å². The smallest absolute Gasteiger partial charge is 0.496 e. The van der Waals surface area contributed by atoms with Gasteiger partial charge in [0, 0.05) is 18.5 Å². The number of aliphatic hydroxyl groups excluding tert-OH is 1. The summed E-state index contributed by atoms with van der Waals surface area (Å²) in [7, 11) is 1.33. The lowest BCUT2D eigenvalue weighted by Gasteiger charge is -2.25. The van der Waals surface area contributed by atoms with Gasteiger partial charge in [0.2, 0.25) is 0 Å². The first-order chi connectivity index (χ1) is 12.1. The summed E-state index contributed by atoms with van der Waals surface area (Å²) in [5.41, 5.74) is -0.301. The van der Waals surface area contributed by atoms with Crippen molar-refractivity contribution in [3.63, 3.8) is 0 Å². The Bertz CT molecular complexity index is 653. The largest absolute Gasteiger partial charge is 0.573 e. The third-order valence-electron chi connectivity index (χ3n) is 4.84. The summed E-state index contributed by atoms with van der Waals surface area (Å²) in [6, 6.07) is 3.61. The fraction of sp³-hybridized carbons (Fsp3) is 0.588. The van der Waals surface area contributed by atoms with Gasteiger partial charge in [-0.25, -0.2) is 4.79 Å². The molecule has 1 fully saturated rings. The molecular weight excluding hydrogens is 353 g/mol. The molecule has 0 radical (unpaired) electrons. The van der Waals surface area contributed by atoms with Crippen LogP contribution in [0.5, 0.6) is 11.5 Å². The first kappa shape index (κ1) is 20.2. The van der Waals surface area contributed by atoms with Crippen LogP contribution in [0.15, 0.2) is 18.2 Å². The summed E-state index contributed by atoms with van der Waals surface area (Å²) in [6.45, 7) is 4.43. The van der Waals surface area contributed by atoms with E-state index in [9.17, 15) is 23.1 Å². The quantitative estimate of drug-likeness (QED) is 0.829. The fourth-order valence-electron chi connectivity index (χ4n) is 2.98. The summed E-state index contributed by atoms with van der Waals surface area (Å²) in [6.07, 6.45) is -4.85. The maximum atomic E-state index is 12.6. The zero-order valence-corrected chi connectivity index (χ0v) is 14.9. The number of benzene rings is 1. The van der Waals surface area contributed by atoms with Crippen molar-refractivity contribution in [3.05, 3.63) is 23.8 Å². The summed E-state index contributed by atoms with van der Waals surface area (Å²) in [5.74, 6) is -0.136. The molecule has 2 unspecified atom stereocenters. The number of alkyl halides is 3. The topological polar surface area (TPSA) is 71.0 Å². The van der Waals surface area contributed by atoms with Crippen LogP contribution < -0.4 is 14.8 Å². The second-order valence-corrected chi connectivity index (χ2v) is 6.74. The van der Waals surface area contributed by atoms with Gasteiger partial charge in [0.05, 0.1) is 25.8 Å². The number of hydrogen-bond donors (Lipinski definition) is 2. The third kappa shape index (κ3) is 4.51. The van der Waals surface area contributed by atoms with E-state index in [1.54, 1.807) is 4.90 Å². The highest BCUT2D eigenvalue weighted by atomic mass is 19.4. The molecule has 0 aromatic heterocycles.